The molecule has 1 saturated heterocycles. The number of hydrogen-bond acceptors (Lipinski definition) is 3. The number of nitrogens with two attached hydrogens (primary N) is 1. The van der Waals surface area contributed by atoms with Gasteiger partial charge in [0, 0.05) is 32.1 Å². The number of amides is 1. The van der Waals surface area contributed by atoms with Crippen LogP contribution in [0.3, 0.4) is 0 Å². The lowest BCUT2D eigenvalue weighted by molar-refractivity contribution is -0.130. The molecule has 2 unspecified atom stereocenters. The first-order valence-corrected chi connectivity index (χ1v) is 6.82. The second-order valence-electron chi connectivity index (χ2n) is 5.16. The molecule has 1 aliphatic heterocycles. The van der Waals surface area contributed by atoms with Gasteiger partial charge in [-0.05, 0) is 32.4 Å². The van der Waals surface area contributed by atoms with E-state index in [1.54, 1.807) is 0 Å². The highest BCUT2D eigenvalue weighted by atomic mass is 16.2. The molecule has 0 bridgehead atoms. The first kappa shape index (κ1) is 14.5. The van der Waals surface area contributed by atoms with Gasteiger partial charge in [0.15, 0.2) is 0 Å². The summed E-state index contributed by atoms with van der Waals surface area (Å²) in [5.74, 6) is 0.869. The van der Waals surface area contributed by atoms with Gasteiger partial charge < -0.3 is 15.5 Å². The Hall–Kier alpha value is -0.610. The molecule has 0 aromatic carbocycles. The van der Waals surface area contributed by atoms with Crippen LogP contribution in [0.15, 0.2) is 0 Å². The van der Waals surface area contributed by atoms with E-state index in [9.17, 15) is 4.79 Å². The van der Waals surface area contributed by atoms with Gasteiger partial charge in [-0.15, -0.1) is 0 Å². The summed E-state index contributed by atoms with van der Waals surface area (Å²) in [7, 11) is 0. The molecule has 1 rings (SSSR count). The molecular formula is C13H27N3O. The van der Waals surface area contributed by atoms with Gasteiger partial charge in [0.2, 0.25) is 5.91 Å². The average molecular weight is 241 g/mol. The van der Waals surface area contributed by atoms with Gasteiger partial charge in [-0.2, -0.15) is 0 Å². The summed E-state index contributed by atoms with van der Waals surface area (Å²) in [6.45, 7) is 11.4. The molecule has 2 N–H and O–H groups in total. The Morgan fingerprint density at radius 2 is 2.12 bits per heavy atom. The monoisotopic (exact) mass is 241 g/mol. The predicted octanol–water partition coefficient (Wildman–Crippen LogP) is 0.914. The Kier molecular flexibility index (Phi) is 5.92. The predicted molar refractivity (Wildman–Crippen MR) is 70.7 cm³/mol. The van der Waals surface area contributed by atoms with E-state index in [4.69, 9.17) is 5.73 Å². The van der Waals surface area contributed by atoms with Gasteiger partial charge in [-0.3, -0.25) is 4.79 Å². The molecule has 4 nitrogen and oxygen atoms in total. The van der Waals surface area contributed by atoms with E-state index >= 15 is 0 Å². The fraction of sp³-hybridized carbons (Fsp3) is 0.923. The van der Waals surface area contributed by atoms with Crippen LogP contribution in [0.4, 0.5) is 0 Å². The molecule has 2 atom stereocenters. The maximum Gasteiger partial charge on any atom is 0.224 e. The van der Waals surface area contributed by atoms with E-state index < -0.39 is 0 Å². The Bertz CT molecular complexity index is 239. The number of likely N-dealkylation sites (tertiary alicyclic amines) is 1. The van der Waals surface area contributed by atoms with Crippen molar-refractivity contribution in [1.29, 1.82) is 0 Å². The van der Waals surface area contributed by atoms with Crippen LogP contribution in [0.25, 0.3) is 0 Å². The van der Waals surface area contributed by atoms with E-state index in [2.05, 4.69) is 18.7 Å². The van der Waals surface area contributed by atoms with Crippen LogP contribution in [-0.2, 0) is 4.79 Å². The van der Waals surface area contributed by atoms with Crippen molar-refractivity contribution >= 4 is 5.91 Å². The maximum atomic E-state index is 11.9. The van der Waals surface area contributed by atoms with Gasteiger partial charge in [-0.25, -0.2) is 0 Å². The zero-order chi connectivity index (χ0) is 12.8. The maximum absolute atomic E-state index is 11.9. The first-order chi connectivity index (χ1) is 8.06. The van der Waals surface area contributed by atoms with E-state index in [1.807, 2.05) is 11.8 Å². The Morgan fingerprint density at radius 1 is 1.47 bits per heavy atom. The van der Waals surface area contributed by atoms with E-state index in [-0.39, 0.29) is 11.9 Å². The molecule has 0 saturated carbocycles. The molecule has 0 aromatic rings. The minimum absolute atomic E-state index is 0.0238. The molecule has 1 amide bonds. The summed E-state index contributed by atoms with van der Waals surface area (Å²) in [4.78, 5) is 16.3. The Balaban J connectivity index is 2.34. The van der Waals surface area contributed by atoms with Crippen molar-refractivity contribution < 1.29 is 4.79 Å². The van der Waals surface area contributed by atoms with Crippen LogP contribution in [0.1, 0.15) is 33.6 Å². The molecule has 0 aromatic heterocycles. The van der Waals surface area contributed by atoms with Gasteiger partial charge in [0.05, 0.1) is 0 Å². The van der Waals surface area contributed by atoms with Gasteiger partial charge >= 0.3 is 0 Å². The second-order valence-corrected chi connectivity index (χ2v) is 5.16. The summed E-state index contributed by atoms with van der Waals surface area (Å²) >= 11 is 0. The topological polar surface area (TPSA) is 49.6 Å². The molecule has 1 fully saturated rings. The van der Waals surface area contributed by atoms with Crippen molar-refractivity contribution in [2.75, 3.05) is 32.7 Å². The lowest BCUT2D eigenvalue weighted by atomic mass is 10.1. The second kappa shape index (κ2) is 6.97. The van der Waals surface area contributed by atoms with Crippen LogP contribution in [0.2, 0.25) is 0 Å². The molecule has 17 heavy (non-hydrogen) atoms. The molecule has 1 heterocycles. The lowest BCUT2D eigenvalue weighted by Gasteiger charge is -2.23. The molecule has 100 valence electrons. The lowest BCUT2D eigenvalue weighted by Crippen LogP contribution is -2.35. The van der Waals surface area contributed by atoms with Gasteiger partial charge in [-0.1, -0.05) is 13.8 Å². The van der Waals surface area contributed by atoms with Crippen LogP contribution in [0, 0.1) is 5.92 Å². The molecular weight excluding hydrogens is 214 g/mol. The normalized spacial score (nSPS) is 22.2. The zero-order valence-corrected chi connectivity index (χ0v) is 11.5. The van der Waals surface area contributed by atoms with Crippen molar-refractivity contribution in [3.63, 3.8) is 0 Å². The number of carbonyl (C=O) groups is 1. The highest BCUT2D eigenvalue weighted by Crippen LogP contribution is 2.18. The number of hydrogen-bond donors (Lipinski definition) is 1. The Labute approximate surface area is 105 Å². The van der Waals surface area contributed by atoms with E-state index in [0.29, 0.717) is 12.3 Å². The van der Waals surface area contributed by atoms with Crippen molar-refractivity contribution in [3.8, 4) is 0 Å². The van der Waals surface area contributed by atoms with Crippen molar-refractivity contribution in [2.24, 2.45) is 11.7 Å². The van der Waals surface area contributed by atoms with E-state index in [1.165, 1.54) is 0 Å². The van der Waals surface area contributed by atoms with Gasteiger partial charge in [0.25, 0.3) is 0 Å². The van der Waals surface area contributed by atoms with Crippen LogP contribution < -0.4 is 5.73 Å². The fourth-order valence-electron chi connectivity index (χ4n) is 2.46. The molecule has 0 aliphatic carbocycles. The molecule has 4 heteroatoms. The summed E-state index contributed by atoms with van der Waals surface area (Å²) in [5.41, 5.74) is 5.66. The zero-order valence-electron chi connectivity index (χ0n) is 11.5. The van der Waals surface area contributed by atoms with Crippen molar-refractivity contribution in [1.82, 2.24) is 9.80 Å². The summed E-state index contributed by atoms with van der Waals surface area (Å²) < 4.78 is 0. The van der Waals surface area contributed by atoms with Crippen LogP contribution in [0.5, 0.6) is 0 Å². The SMILES string of the molecule is CCN(CC)CC1CCN(C(=O)CC(C)N)C1. The standard InChI is InChI=1S/C13H27N3O/c1-4-15(5-2)9-12-6-7-16(10-12)13(17)8-11(3)14/h11-12H,4-10,14H2,1-3H3. The minimum Gasteiger partial charge on any atom is -0.342 e. The Morgan fingerprint density at radius 3 is 2.65 bits per heavy atom. The third kappa shape index (κ3) is 4.64. The fourth-order valence-corrected chi connectivity index (χ4v) is 2.46. The number of nitrogens with zero attached hydrogens (tertiary/aromatic N) is 2. The van der Waals surface area contributed by atoms with Crippen LogP contribution in [-0.4, -0.2) is 54.5 Å². The third-order valence-electron chi connectivity index (χ3n) is 3.55. The van der Waals surface area contributed by atoms with Crippen molar-refractivity contribution in [2.45, 2.75) is 39.7 Å². The minimum atomic E-state index is -0.0238. The quantitative estimate of drug-likeness (QED) is 0.752. The largest absolute Gasteiger partial charge is 0.342 e. The van der Waals surface area contributed by atoms with E-state index in [0.717, 1.165) is 39.1 Å². The third-order valence-corrected chi connectivity index (χ3v) is 3.55. The van der Waals surface area contributed by atoms with Gasteiger partial charge in [0.1, 0.15) is 0 Å². The number of carbonyl (C=O) groups excluding carboxylic acids is 1. The summed E-state index contributed by atoms with van der Waals surface area (Å²) in [6.07, 6.45) is 1.62. The first-order valence-electron chi connectivity index (χ1n) is 6.82. The van der Waals surface area contributed by atoms with Crippen LogP contribution >= 0.6 is 0 Å². The smallest absolute Gasteiger partial charge is 0.224 e. The average Bonchev–Trinajstić information content (AvgIpc) is 2.73. The highest BCUT2D eigenvalue weighted by Gasteiger charge is 2.27. The summed E-state index contributed by atoms with van der Waals surface area (Å²) in [6, 6.07) is -0.0238. The molecule has 1 aliphatic rings. The highest BCUT2D eigenvalue weighted by molar-refractivity contribution is 5.77. The van der Waals surface area contributed by atoms with Crippen molar-refractivity contribution in [3.05, 3.63) is 0 Å². The summed E-state index contributed by atoms with van der Waals surface area (Å²) in [5, 5.41) is 0. The molecule has 0 radical (unpaired) electrons. The number of rotatable bonds is 6. The molecule has 0 spiro atoms.